The number of hydrogen-bond donors (Lipinski definition) is 1. The van der Waals surface area contributed by atoms with Crippen molar-refractivity contribution in [3.8, 4) is 5.75 Å². The van der Waals surface area contributed by atoms with Gasteiger partial charge in [-0.15, -0.1) is 0 Å². The lowest BCUT2D eigenvalue weighted by atomic mass is 10.1. The highest BCUT2D eigenvalue weighted by Gasteiger charge is 2.16. The Balaban J connectivity index is 1.22. The third-order valence-electron chi connectivity index (χ3n) is 5.51. The predicted molar refractivity (Wildman–Crippen MR) is 132 cm³/mol. The van der Waals surface area contributed by atoms with Crippen LogP contribution in [0.5, 0.6) is 5.75 Å². The summed E-state index contributed by atoms with van der Waals surface area (Å²) in [7, 11) is 1.63. The molecule has 1 heterocycles. The monoisotopic (exact) mass is 461 g/mol. The van der Waals surface area contributed by atoms with E-state index < -0.39 is 0 Å². The van der Waals surface area contributed by atoms with Gasteiger partial charge in [0.05, 0.1) is 7.11 Å². The molecule has 0 aromatic heterocycles. The van der Waals surface area contributed by atoms with Crippen LogP contribution in [0.3, 0.4) is 0 Å². The molecular formula is C24H32ClN3O2S. The fraction of sp³-hybridized carbons (Fsp3) is 0.458. The topological polar surface area (TPSA) is 44.8 Å². The first-order valence-corrected chi connectivity index (χ1v) is 12.3. The van der Waals surface area contributed by atoms with E-state index in [0.717, 1.165) is 74.3 Å². The summed E-state index contributed by atoms with van der Waals surface area (Å²) in [5.74, 6) is 1.62. The molecule has 2 aromatic rings. The first kappa shape index (κ1) is 23.9. The predicted octanol–water partition coefficient (Wildman–Crippen LogP) is 5.25. The molecule has 1 fully saturated rings. The quantitative estimate of drug-likeness (QED) is 0.489. The molecule has 1 N–H and O–H groups in total. The van der Waals surface area contributed by atoms with Crippen LogP contribution < -0.4 is 10.1 Å². The van der Waals surface area contributed by atoms with Crippen molar-refractivity contribution in [2.45, 2.75) is 19.3 Å². The van der Waals surface area contributed by atoms with E-state index >= 15 is 0 Å². The van der Waals surface area contributed by atoms with Crippen molar-refractivity contribution >= 4 is 34.3 Å². The van der Waals surface area contributed by atoms with Crippen LogP contribution in [0.4, 0.5) is 10.5 Å². The van der Waals surface area contributed by atoms with Crippen molar-refractivity contribution in [3.63, 3.8) is 0 Å². The molecule has 1 amide bonds. The number of anilines is 1. The number of hydrogen-bond acceptors (Lipinski definition) is 5. The molecule has 3 rings (SSSR count). The Bertz CT molecular complexity index is 793. The first-order chi connectivity index (χ1) is 15.1. The number of rotatable bonds is 10. The van der Waals surface area contributed by atoms with Crippen LogP contribution in [0.25, 0.3) is 0 Å². The van der Waals surface area contributed by atoms with Crippen LogP contribution in [0.2, 0.25) is 5.02 Å². The average Bonchev–Trinajstić information content (AvgIpc) is 2.79. The Kier molecular flexibility index (Phi) is 10.0. The van der Waals surface area contributed by atoms with Crippen LogP contribution in [-0.2, 0) is 6.42 Å². The van der Waals surface area contributed by atoms with Gasteiger partial charge >= 0.3 is 0 Å². The third-order valence-corrected chi connectivity index (χ3v) is 6.62. The highest BCUT2D eigenvalue weighted by molar-refractivity contribution is 8.13. The van der Waals surface area contributed by atoms with E-state index in [4.69, 9.17) is 16.3 Å². The molecule has 0 unspecified atom stereocenters. The van der Waals surface area contributed by atoms with Gasteiger partial charge in [-0.05, 0) is 74.3 Å². The molecule has 1 aliphatic rings. The van der Waals surface area contributed by atoms with Crippen molar-refractivity contribution in [1.82, 2.24) is 9.80 Å². The van der Waals surface area contributed by atoms with Crippen LogP contribution >= 0.6 is 23.4 Å². The van der Waals surface area contributed by atoms with Crippen molar-refractivity contribution in [2.24, 2.45) is 0 Å². The lowest BCUT2D eigenvalue weighted by molar-refractivity contribution is 0.132. The molecule has 0 spiro atoms. The van der Waals surface area contributed by atoms with E-state index in [2.05, 4.69) is 27.2 Å². The second kappa shape index (κ2) is 13.0. The number of methoxy groups -OCH3 is 1. The summed E-state index contributed by atoms with van der Waals surface area (Å²) < 4.78 is 5.13. The Morgan fingerprint density at radius 2 is 1.58 bits per heavy atom. The minimum atomic E-state index is -0.00401. The summed E-state index contributed by atoms with van der Waals surface area (Å²) in [6.07, 6.45) is 3.31. The number of halogens is 1. The van der Waals surface area contributed by atoms with Gasteiger partial charge in [0.15, 0.2) is 0 Å². The summed E-state index contributed by atoms with van der Waals surface area (Å²) in [6.45, 7) is 6.70. The average molecular weight is 462 g/mol. The fourth-order valence-electron chi connectivity index (χ4n) is 3.68. The maximum absolute atomic E-state index is 12.1. The number of benzene rings is 2. The Morgan fingerprint density at radius 3 is 2.19 bits per heavy atom. The number of thioether (sulfide) groups is 1. The van der Waals surface area contributed by atoms with E-state index in [-0.39, 0.29) is 5.24 Å². The number of nitrogens with one attached hydrogen (secondary N) is 1. The number of carbonyl (C=O) groups excluding carboxylic acids is 1. The summed E-state index contributed by atoms with van der Waals surface area (Å²) in [4.78, 5) is 17.1. The van der Waals surface area contributed by atoms with Crippen molar-refractivity contribution in [1.29, 1.82) is 0 Å². The van der Waals surface area contributed by atoms with Crippen molar-refractivity contribution in [2.75, 3.05) is 57.4 Å². The number of carbonyl (C=O) groups is 1. The largest absolute Gasteiger partial charge is 0.497 e. The lowest BCUT2D eigenvalue weighted by Gasteiger charge is -2.34. The number of ether oxygens (including phenoxy) is 1. The molecule has 0 atom stereocenters. The van der Waals surface area contributed by atoms with Crippen molar-refractivity contribution < 1.29 is 9.53 Å². The summed E-state index contributed by atoms with van der Waals surface area (Å²) >= 11 is 7.30. The van der Waals surface area contributed by atoms with Gasteiger partial charge in [0.25, 0.3) is 5.24 Å². The second-order valence-electron chi connectivity index (χ2n) is 7.76. The molecule has 2 aromatic carbocycles. The zero-order chi connectivity index (χ0) is 21.9. The van der Waals surface area contributed by atoms with E-state index in [1.54, 1.807) is 7.11 Å². The molecule has 1 aliphatic heterocycles. The number of piperazine rings is 1. The van der Waals surface area contributed by atoms with Crippen LogP contribution in [-0.4, -0.2) is 67.2 Å². The third kappa shape index (κ3) is 8.73. The minimum absolute atomic E-state index is 0.00401. The van der Waals surface area contributed by atoms with Gasteiger partial charge in [0, 0.05) is 42.6 Å². The van der Waals surface area contributed by atoms with Gasteiger partial charge in [-0.1, -0.05) is 35.5 Å². The van der Waals surface area contributed by atoms with E-state index in [1.807, 2.05) is 36.4 Å². The molecule has 31 heavy (non-hydrogen) atoms. The summed E-state index contributed by atoms with van der Waals surface area (Å²) in [5, 5.41) is 3.71. The van der Waals surface area contributed by atoms with Gasteiger partial charge in [0.2, 0.25) is 0 Å². The SMILES string of the molecule is COc1ccc(NC(=O)SCCCN2CCN(CCCc3ccc(Cl)cc3)CC2)cc1. The molecule has 5 nitrogen and oxygen atoms in total. The van der Waals surface area contributed by atoms with Crippen molar-refractivity contribution in [3.05, 3.63) is 59.1 Å². The number of aryl methyl sites for hydroxylation is 1. The Labute approximate surface area is 195 Å². The number of amides is 1. The Hall–Kier alpha value is -1.73. The highest BCUT2D eigenvalue weighted by atomic mass is 35.5. The summed E-state index contributed by atoms with van der Waals surface area (Å²) in [6, 6.07) is 15.6. The summed E-state index contributed by atoms with van der Waals surface area (Å²) in [5.41, 5.74) is 2.15. The van der Waals surface area contributed by atoms with Gasteiger partial charge < -0.3 is 19.9 Å². The van der Waals surface area contributed by atoms with E-state index in [0.29, 0.717) is 0 Å². The molecule has 1 saturated heterocycles. The highest BCUT2D eigenvalue weighted by Crippen LogP contribution is 2.17. The number of nitrogens with zero attached hydrogens (tertiary/aromatic N) is 2. The second-order valence-corrected chi connectivity index (χ2v) is 9.26. The molecule has 0 bridgehead atoms. The molecule has 0 radical (unpaired) electrons. The molecular weight excluding hydrogens is 430 g/mol. The van der Waals surface area contributed by atoms with Gasteiger partial charge in [-0.25, -0.2) is 0 Å². The normalized spacial score (nSPS) is 15.0. The fourth-order valence-corrected chi connectivity index (χ4v) is 4.45. The maximum atomic E-state index is 12.1. The van der Waals surface area contributed by atoms with Gasteiger partial charge in [0.1, 0.15) is 5.75 Å². The van der Waals surface area contributed by atoms with Crippen LogP contribution in [0, 0.1) is 0 Å². The first-order valence-electron chi connectivity index (χ1n) is 10.9. The standard InChI is InChI=1S/C24H32ClN3O2S/c1-30-23-11-9-22(10-12-23)26-24(29)31-19-3-14-28-17-15-27(16-18-28)13-2-4-20-5-7-21(25)8-6-20/h5-12H,2-4,13-19H2,1H3,(H,26,29). The Morgan fingerprint density at radius 1 is 0.968 bits per heavy atom. The van der Waals surface area contributed by atoms with E-state index in [9.17, 15) is 4.79 Å². The van der Waals surface area contributed by atoms with E-state index in [1.165, 1.54) is 23.7 Å². The molecule has 7 heteroatoms. The smallest absolute Gasteiger partial charge is 0.283 e. The maximum Gasteiger partial charge on any atom is 0.283 e. The zero-order valence-corrected chi connectivity index (χ0v) is 19.8. The molecule has 0 aliphatic carbocycles. The minimum Gasteiger partial charge on any atom is -0.497 e. The van der Waals surface area contributed by atoms with Gasteiger partial charge in [-0.2, -0.15) is 0 Å². The molecule has 0 saturated carbocycles. The zero-order valence-electron chi connectivity index (χ0n) is 18.2. The lowest BCUT2D eigenvalue weighted by Crippen LogP contribution is -2.46. The van der Waals surface area contributed by atoms with Crippen LogP contribution in [0.1, 0.15) is 18.4 Å². The van der Waals surface area contributed by atoms with Crippen LogP contribution in [0.15, 0.2) is 48.5 Å². The van der Waals surface area contributed by atoms with Gasteiger partial charge in [-0.3, -0.25) is 4.79 Å². The molecule has 168 valence electrons.